The lowest BCUT2D eigenvalue weighted by atomic mass is 9.87. The lowest BCUT2D eigenvalue weighted by Gasteiger charge is -2.25. The third-order valence-corrected chi connectivity index (χ3v) is 3.28. The molecule has 1 aliphatic rings. The largest absolute Gasteiger partial charge is 0.393 e. The van der Waals surface area contributed by atoms with Gasteiger partial charge in [-0.3, -0.25) is 4.98 Å². The van der Waals surface area contributed by atoms with E-state index in [-0.39, 0.29) is 6.10 Å². The van der Waals surface area contributed by atoms with Crippen LogP contribution in [0.2, 0.25) is 0 Å². The molecule has 16 heavy (non-hydrogen) atoms. The quantitative estimate of drug-likeness (QED) is 0.812. The fraction of sp³-hybridized carbons (Fsp3) is 0.615. The molecule has 1 heterocycles. The van der Waals surface area contributed by atoms with Gasteiger partial charge in [-0.25, -0.2) is 0 Å². The summed E-state index contributed by atoms with van der Waals surface area (Å²) in [5.41, 5.74) is 1.10. The Kier molecular flexibility index (Phi) is 4.31. The molecule has 1 fully saturated rings. The molecule has 0 unspecified atom stereocenters. The van der Waals surface area contributed by atoms with Crippen molar-refractivity contribution in [2.45, 2.75) is 38.3 Å². The van der Waals surface area contributed by atoms with Crippen molar-refractivity contribution in [3.63, 3.8) is 0 Å². The molecule has 0 saturated heterocycles. The summed E-state index contributed by atoms with van der Waals surface area (Å²) in [4.78, 5) is 4.27. The first-order valence-corrected chi connectivity index (χ1v) is 6.13. The second-order valence-corrected chi connectivity index (χ2v) is 4.63. The van der Waals surface area contributed by atoms with Crippen LogP contribution in [-0.2, 0) is 6.54 Å². The molecule has 1 aromatic heterocycles. The highest BCUT2D eigenvalue weighted by Gasteiger charge is 2.18. The molecule has 0 amide bonds. The molecule has 0 bridgehead atoms. The first-order chi connectivity index (χ1) is 7.84. The molecule has 3 nitrogen and oxygen atoms in total. The van der Waals surface area contributed by atoms with Crippen LogP contribution in [0.4, 0.5) is 0 Å². The van der Waals surface area contributed by atoms with Crippen LogP contribution >= 0.6 is 0 Å². The Bertz CT molecular complexity index is 294. The maximum atomic E-state index is 9.40. The first-order valence-electron chi connectivity index (χ1n) is 6.13. The van der Waals surface area contributed by atoms with Crippen molar-refractivity contribution >= 4 is 0 Å². The van der Waals surface area contributed by atoms with Gasteiger partial charge in [0.15, 0.2) is 0 Å². The fourth-order valence-electron chi connectivity index (χ4n) is 2.26. The minimum Gasteiger partial charge on any atom is -0.393 e. The Hall–Kier alpha value is -0.930. The van der Waals surface area contributed by atoms with E-state index in [0.29, 0.717) is 0 Å². The zero-order chi connectivity index (χ0) is 11.2. The van der Waals surface area contributed by atoms with Gasteiger partial charge in [-0.2, -0.15) is 0 Å². The Labute approximate surface area is 96.9 Å². The molecule has 2 N–H and O–H groups in total. The van der Waals surface area contributed by atoms with Crippen LogP contribution in [0.5, 0.6) is 0 Å². The smallest absolute Gasteiger partial charge is 0.0541 e. The molecule has 0 spiro atoms. The fourth-order valence-corrected chi connectivity index (χ4v) is 2.26. The molecule has 88 valence electrons. The Balaban J connectivity index is 1.65. The molecular formula is C13H20N2O. The molecule has 1 saturated carbocycles. The molecule has 1 aromatic rings. The van der Waals surface area contributed by atoms with E-state index in [1.54, 1.807) is 0 Å². The van der Waals surface area contributed by atoms with Gasteiger partial charge in [-0.1, -0.05) is 6.07 Å². The van der Waals surface area contributed by atoms with Gasteiger partial charge >= 0.3 is 0 Å². The van der Waals surface area contributed by atoms with Crippen molar-refractivity contribution in [1.82, 2.24) is 10.3 Å². The van der Waals surface area contributed by atoms with Gasteiger partial charge in [0.2, 0.25) is 0 Å². The van der Waals surface area contributed by atoms with Crippen molar-refractivity contribution in [1.29, 1.82) is 0 Å². The van der Waals surface area contributed by atoms with Crippen molar-refractivity contribution < 1.29 is 5.11 Å². The zero-order valence-electron chi connectivity index (χ0n) is 9.60. The van der Waals surface area contributed by atoms with Gasteiger partial charge in [-0.15, -0.1) is 0 Å². The highest BCUT2D eigenvalue weighted by Crippen LogP contribution is 2.23. The van der Waals surface area contributed by atoms with Gasteiger partial charge < -0.3 is 10.4 Å². The number of aliphatic hydroxyl groups excluding tert-OH is 1. The summed E-state index contributed by atoms with van der Waals surface area (Å²) in [6.45, 7) is 1.89. The van der Waals surface area contributed by atoms with E-state index in [4.69, 9.17) is 0 Å². The number of aliphatic hydroxyl groups is 1. The summed E-state index contributed by atoms with van der Waals surface area (Å²) in [6, 6.07) is 5.99. The standard InChI is InChI=1S/C13H20N2O/c16-13-6-4-11(5-7-13)9-14-10-12-3-1-2-8-15-12/h1-3,8,11,13-14,16H,4-7,9-10H2/t11-,13-. The zero-order valence-corrected chi connectivity index (χ0v) is 9.60. The van der Waals surface area contributed by atoms with E-state index in [0.717, 1.165) is 50.4 Å². The predicted octanol–water partition coefficient (Wildman–Crippen LogP) is 1.72. The Morgan fingerprint density at radius 1 is 1.25 bits per heavy atom. The number of nitrogens with one attached hydrogen (secondary N) is 1. The lowest BCUT2D eigenvalue weighted by molar-refractivity contribution is 0.108. The average molecular weight is 220 g/mol. The molecule has 0 atom stereocenters. The highest BCUT2D eigenvalue weighted by atomic mass is 16.3. The summed E-state index contributed by atoms with van der Waals surface area (Å²) < 4.78 is 0. The summed E-state index contributed by atoms with van der Waals surface area (Å²) in [7, 11) is 0. The van der Waals surface area contributed by atoms with Crippen LogP contribution < -0.4 is 5.32 Å². The molecule has 2 rings (SSSR count). The summed E-state index contributed by atoms with van der Waals surface area (Å²) in [6.07, 6.45) is 6.01. The number of nitrogens with zero attached hydrogens (tertiary/aromatic N) is 1. The van der Waals surface area contributed by atoms with Crippen LogP contribution in [0.15, 0.2) is 24.4 Å². The van der Waals surface area contributed by atoms with Crippen molar-refractivity contribution in [2.75, 3.05) is 6.54 Å². The number of pyridine rings is 1. The third kappa shape index (κ3) is 3.58. The number of rotatable bonds is 4. The summed E-state index contributed by atoms with van der Waals surface area (Å²) >= 11 is 0. The van der Waals surface area contributed by atoms with Crippen LogP contribution in [0.1, 0.15) is 31.4 Å². The van der Waals surface area contributed by atoms with Crippen LogP contribution in [0.25, 0.3) is 0 Å². The van der Waals surface area contributed by atoms with Gasteiger partial charge in [0.05, 0.1) is 11.8 Å². The molecule has 3 heteroatoms. The molecule has 0 aromatic carbocycles. The minimum absolute atomic E-state index is 0.0490. The maximum absolute atomic E-state index is 9.40. The van der Waals surface area contributed by atoms with Gasteiger partial charge in [0.1, 0.15) is 0 Å². The number of hydrogen-bond acceptors (Lipinski definition) is 3. The normalized spacial score (nSPS) is 25.6. The van der Waals surface area contributed by atoms with Crippen LogP contribution in [0.3, 0.4) is 0 Å². The molecule has 1 aliphatic carbocycles. The third-order valence-electron chi connectivity index (χ3n) is 3.28. The average Bonchev–Trinajstić information content (AvgIpc) is 2.33. The second-order valence-electron chi connectivity index (χ2n) is 4.63. The van der Waals surface area contributed by atoms with E-state index >= 15 is 0 Å². The van der Waals surface area contributed by atoms with E-state index in [9.17, 15) is 5.11 Å². The van der Waals surface area contributed by atoms with Crippen molar-refractivity contribution in [3.05, 3.63) is 30.1 Å². The minimum atomic E-state index is -0.0490. The van der Waals surface area contributed by atoms with Gasteiger partial charge in [0, 0.05) is 12.7 Å². The molecule has 0 radical (unpaired) electrons. The van der Waals surface area contributed by atoms with E-state index in [1.165, 1.54) is 0 Å². The summed E-state index contributed by atoms with van der Waals surface area (Å²) in [5.74, 6) is 0.729. The van der Waals surface area contributed by atoms with E-state index in [1.807, 2.05) is 24.4 Å². The Morgan fingerprint density at radius 3 is 2.75 bits per heavy atom. The second kappa shape index (κ2) is 5.97. The van der Waals surface area contributed by atoms with Gasteiger partial charge in [0.25, 0.3) is 0 Å². The number of hydrogen-bond donors (Lipinski definition) is 2. The maximum Gasteiger partial charge on any atom is 0.0541 e. The predicted molar refractivity (Wildman–Crippen MR) is 63.9 cm³/mol. The molecular weight excluding hydrogens is 200 g/mol. The molecule has 0 aliphatic heterocycles. The number of aromatic nitrogens is 1. The van der Waals surface area contributed by atoms with Crippen LogP contribution in [-0.4, -0.2) is 22.7 Å². The van der Waals surface area contributed by atoms with Gasteiger partial charge in [-0.05, 0) is 50.3 Å². The topological polar surface area (TPSA) is 45.1 Å². The SMILES string of the molecule is O[C@H]1CC[C@H](CNCc2ccccn2)CC1. The summed E-state index contributed by atoms with van der Waals surface area (Å²) in [5, 5.41) is 12.8. The van der Waals surface area contributed by atoms with Crippen LogP contribution in [0, 0.1) is 5.92 Å². The highest BCUT2D eigenvalue weighted by molar-refractivity contribution is 5.02. The van der Waals surface area contributed by atoms with Crippen molar-refractivity contribution in [2.24, 2.45) is 5.92 Å². The van der Waals surface area contributed by atoms with E-state index < -0.39 is 0 Å². The first kappa shape index (κ1) is 11.6. The Morgan fingerprint density at radius 2 is 2.06 bits per heavy atom. The lowest BCUT2D eigenvalue weighted by Crippen LogP contribution is -2.27. The monoisotopic (exact) mass is 220 g/mol. The van der Waals surface area contributed by atoms with E-state index in [2.05, 4.69) is 10.3 Å². The van der Waals surface area contributed by atoms with Crippen molar-refractivity contribution in [3.8, 4) is 0 Å².